The third-order valence-corrected chi connectivity index (χ3v) is 4.86. The van der Waals surface area contributed by atoms with Gasteiger partial charge in [-0.25, -0.2) is 0 Å². The van der Waals surface area contributed by atoms with E-state index < -0.39 is 6.61 Å². The molecule has 0 bridgehead atoms. The number of benzene rings is 2. The van der Waals surface area contributed by atoms with E-state index in [-0.39, 0.29) is 35.3 Å². The van der Waals surface area contributed by atoms with Crippen LogP contribution in [0.25, 0.3) is 0 Å². The fourth-order valence-corrected chi connectivity index (χ4v) is 3.29. The highest BCUT2D eigenvalue weighted by atomic mass is 35.5. The van der Waals surface area contributed by atoms with Crippen LogP contribution in [0, 0.1) is 0 Å². The van der Waals surface area contributed by atoms with Gasteiger partial charge >= 0.3 is 6.61 Å². The summed E-state index contributed by atoms with van der Waals surface area (Å²) in [6.07, 6.45) is 2.21. The van der Waals surface area contributed by atoms with Gasteiger partial charge in [0.15, 0.2) is 0 Å². The number of nitrogen functional groups attached to an aromatic ring is 1. The first-order valence-electron chi connectivity index (χ1n) is 8.53. The summed E-state index contributed by atoms with van der Waals surface area (Å²) in [7, 11) is 0. The fourth-order valence-electron chi connectivity index (χ4n) is 3.06. The number of anilines is 1. The molecule has 2 aromatic rings. The molecule has 5 nitrogen and oxygen atoms in total. The summed E-state index contributed by atoms with van der Waals surface area (Å²) in [5.74, 6) is -0.0869. The maximum Gasteiger partial charge on any atom is 0.387 e. The number of ether oxygens (including phenoxy) is 1. The molecule has 0 unspecified atom stereocenters. The number of rotatable bonds is 7. The molecule has 1 saturated carbocycles. The number of amides is 1. The molecule has 144 valence electrons. The predicted octanol–water partition coefficient (Wildman–Crippen LogP) is 3.79. The average molecular weight is 396 g/mol. The molecule has 3 rings (SSSR count). The zero-order valence-corrected chi connectivity index (χ0v) is 15.2. The molecule has 2 aromatic carbocycles. The van der Waals surface area contributed by atoms with Crippen LogP contribution in [0.1, 0.15) is 45.8 Å². The summed E-state index contributed by atoms with van der Waals surface area (Å²) in [4.78, 5) is 12.5. The van der Waals surface area contributed by atoms with Crippen LogP contribution in [0.15, 0.2) is 30.3 Å². The summed E-state index contributed by atoms with van der Waals surface area (Å²) >= 11 is 5.91. The highest BCUT2D eigenvalue weighted by Crippen LogP contribution is 2.43. The molecular formula is C19H20ClF2N3O2. The molecule has 0 saturated heterocycles. The van der Waals surface area contributed by atoms with Crippen LogP contribution in [0.2, 0.25) is 5.02 Å². The molecular weight excluding hydrogens is 376 g/mol. The van der Waals surface area contributed by atoms with Gasteiger partial charge in [0.2, 0.25) is 0 Å². The molecule has 0 spiro atoms. The molecule has 1 fully saturated rings. The highest BCUT2D eigenvalue weighted by Gasteiger charge is 2.27. The first-order chi connectivity index (χ1) is 12.9. The maximum absolute atomic E-state index is 12.5. The normalized spacial score (nSPS) is 13.7. The van der Waals surface area contributed by atoms with E-state index >= 15 is 0 Å². The fraction of sp³-hybridized carbons (Fsp3) is 0.316. The Labute approximate surface area is 160 Å². The van der Waals surface area contributed by atoms with Crippen LogP contribution >= 0.6 is 11.6 Å². The predicted molar refractivity (Wildman–Crippen MR) is 100.0 cm³/mol. The molecule has 27 heavy (non-hydrogen) atoms. The number of nitrogens with one attached hydrogen (secondary N) is 1. The van der Waals surface area contributed by atoms with Crippen molar-refractivity contribution in [2.45, 2.75) is 38.5 Å². The Kier molecular flexibility index (Phi) is 5.82. The van der Waals surface area contributed by atoms with Crippen LogP contribution in [0.3, 0.4) is 0 Å². The molecule has 5 N–H and O–H groups in total. The number of alkyl halides is 2. The number of hydrogen-bond donors (Lipinski definition) is 3. The van der Waals surface area contributed by atoms with E-state index in [1.54, 1.807) is 0 Å². The quantitative estimate of drug-likeness (QED) is 0.622. The Balaban J connectivity index is 1.76. The Morgan fingerprint density at radius 2 is 2.00 bits per heavy atom. The first-order valence-corrected chi connectivity index (χ1v) is 8.91. The summed E-state index contributed by atoms with van der Waals surface area (Å²) in [5.41, 5.74) is 15.7. The molecule has 0 aromatic heterocycles. The lowest BCUT2D eigenvalue weighted by molar-refractivity contribution is -0.0497. The van der Waals surface area contributed by atoms with Crippen molar-refractivity contribution < 1.29 is 18.3 Å². The number of carbonyl (C=O) groups is 1. The molecule has 1 amide bonds. The van der Waals surface area contributed by atoms with Gasteiger partial charge in [-0.05, 0) is 59.7 Å². The van der Waals surface area contributed by atoms with E-state index in [4.69, 9.17) is 23.1 Å². The smallest absolute Gasteiger partial charge is 0.387 e. The summed E-state index contributed by atoms with van der Waals surface area (Å²) in [6.45, 7) is -2.43. The monoisotopic (exact) mass is 395 g/mol. The topological polar surface area (TPSA) is 90.4 Å². The Bertz CT molecular complexity index is 857. The van der Waals surface area contributed by atoms with Gasteiger partial charge in [-0.1, -0.05) is 17.7 Å². The second-order valence-corrected chi connectivity index (χ2v) is 6.79. The average Bonchev–Trinajstić information content (AvgIpc) is 3.46. The van der Waals surface area contributed by atoms with E-state index in [1.807, 2.05) is 12.1 Å². The standard InChI is InChI=1S/C19H20ClF2N3O2/c20-15-7-11(3-6-17(15)27-19(21)22)18(26)25-9-14-12(10-1-2-10)4-5-16(24)13(14)8-23/h3-7,10,19H,1-2,8-9,23-24H2,(H,25,26). The van der Waals surface area contributed by atoms with E-state index in [0.29, 0.717) is 11.6 Å². The van der Waals surface area contributed by atoms with Gasteiger partial charge in [0.05, 0.1) is 5.02 Å². The number of nitrogens with two attached hydrogens (primary N) is 2. The Morgan fingerprint density at radius 1 is 1.26 bits per heavy atom. The summed E-state index contributed by atoms with van der Waals surface area (Å²) < 4.78 is 28.9. The number of carbonyl (C=O) groups excluding carboxylic acids is 1. The maximum atomic E-state index is 12.5. The second-order valence-electron chi connectivity index (χ2n) is 6.39. The zero-order chi connectivity index (χ0) is 19.6. The molecule has 0 aliphatic heterocycles. The van der Waals surface area contributed by atoms with Crippen molar-refractivity contribution in [1.82, 2.24) is 5.32 Å². The molecule has 0 atom stereocenters. The van der Waals surface area contributed by atoms with Crippen LogP contribution in [-0.2, 0) is 13.1 Å². The molecule has 1 aliphatic carbocycles. The molecule has 0 heterocycles. The lowest BCUT2D eigenvalue weighted by Gasteiger charge is -2.17. The minimum atomic E-state index is -2.98. The van der Waals surface area contributed by atoms with Crippen molar-refractivity contribution in [3.8, 4) is 5.75 Å². The lowest BCUT2D eigenvalue weighted by Crippen LogP contribution is -2.25. The third kappa shape index (κ3) is 4.48. The van der Waals surface area contributed by atoms with E-state index in [1.165, 1.54) is 18.2 Å². The Hall–Kier alpha value is -2.38. The largest absolute Gasteiger partial charge is 0.433 e. The first kappa shape index (κ1) is 19.4. The van der Waals surface area contributed by atoms with Crippen LogP contribution in [0.5, 0.6) is 5.75 Å². The van der Waals surface area contributed by atoms with Crippen molar-refractivity contribution in [3.63, 3.8) is 0 Å². The molecule has 1 aliphatic rings. The minimum Gasteiger partial charge on any atom is -0.433 e. The van der Waals surface area contributed by atoms with Crippen molar-refractivity contribution >= 4 is 23.2 Å². The van der Waals surface area contributed by atoms with Crippen LogP contribution in [0.4, 0.5) is 14.5 Å². The van der Waals surface area contributed by atoms with Crippen LogP contribution in [-0.4, -0.2) is 12.5 Å². The Morgan fingerprint density at radius 3 is 2.59 bits per heavy atom. The minimum absolute atomic E-state index is 0.0618. The van der Waals surface area contributed by atoms with Gasteiger partial charge < -0.3 is 21.5 Å². The van der Waals surface area contributed by atoms with Gasteiger partial charge in [0.25, 0.3) is 5.91 Å². The van der Waals surface area contributed by atoms with E-state index in [2.05, 4.69) is 10.1 Å². The molecule has 8 heteroatoms. The van der Waals surface area contributed by atoms with Gasteiger partial charge in [-0.3, -0.25) is 4.79 Å². The molecule has 0 radical (unpaired) electrons. The van der Waals surface area contributed by atoms with E-state index in [9.17, 15) is 13.6 Å². The number of halogens is 3. The van der Waals surface area contributed by atoms with Gasteiger partial charge in [0, 0.05) is 24.3 Å². The van der Waals surface area contributed by atoms with Crippen molar-refractivity contribution in [2.75, 3.05) is 5.73 Å². The van der Waals surface area contributed by atoms with Crippen molar-refractivity contribution in [2.24, 2.45) is 5.73 Å². The van der Waals surface area contributed by atoms with Crippen LogP contribution < -0.4 is 21.5 Å². The summed E-state index contributed by atoms with van der Waals surface area (Å²) in [5, 5.41) is 2.77. The van der Waals surface area contributed by atoms with Crippen molar-refractivity contribution in [1.29, 1.82) is 0 Å². The lowest BCUT2D eigenvalue weighted by atomic mass is 9.96. The highest BCUT2D eigenvalue weighted by molar-refractivity contribution is 6.32. The van der Waals surface area contributed by atoms with Gasteiger partial charge in [-0.2, -0.15) is 8.78 Å². The van der Waals surface area contributed by atoms with Gasteiger partial charge in [-0.15, -0.1) is 0 Å². The SMILES string of the molecule is NCc1c(N)ccc(C2CC2)c1CNC(=O)c1ccc(OC(F)F)c(Cl)c1. The zero-order valence-electron chi connectivity index (χ0n) is 14.5. The summed E-state index contributed by atoms with van der Waals surface area (Å²) in [6, 6.07) is 7.75. The third-order valence-electron chi connectivity index (χ3n) is 4.56. The number of hydrogen-bond acceptors (Lipinski definition) is 4. The second kappa shape index (κ2) is 8.10. The van der Waals surface area contributed by atoms with E-state index in [0.717, 1.165) is 29.5 Å². The van der Waals surface area contributed by atoms with Gasteiger partial charge in [0.1, 0.15) is 5.75 Å². The van der Waals surface area contributed by atoms with Crippen molar-refractivity contribution in [3.05, 3.63) is 57.6 Å².